The number of para-hydroxylation sites is 1. The topological polar surface area (TPSA) is 101 Å². The van der Waals surface area contributed by atoms with E-state index in [9.17, 15) is 13.2 Å². The Kier molecular flexibility index (Phi) is 6.71. The molecule has 2 heterocycles. The third-order valence-electron chi connectivity index (χ3n) is 4.73. The number of hydrogen-bond acceptors (Lipinski definition) is 7. The summed E-state index contributed by atoms with van der Waals surface area (Å²) in [6.07, 6.45) is 6.08. The van der Waals surface area contributed by atoms with Gasteiger partial charge in [0.25, 0.3) is 5.91 Å². The molecule has 1 aliphatic heterocycles. The van der Waals surface area contributed by atoms with Crippen LogP contribution in [0.25, 0.3) is 0 Å². The van der Waals surface area contributed by atoms with Gasteiger partial charge in [0, 0.05) is 36.5 Å². The summed E-state index contributed by atoms with van der Waals surface area (Å²) >= 11 is 0. The highest BCUT2D eigenvalue weighted by Crippen LogP contribution is 2.28. The number of nitrogens with zero attached hydrogens (tertiary/aromatic N) is 3. The number of rotatable bonds is 7. The van der Waals surface area contributed by atoms with Gasteiger partial charge < -0.3 is 15.0 Å². The fourth-order valence-corrected chi connectivity index (χ4v) is 3.67. The van der Waals surface area contributed by atoms with Gasteiger partial charge in [-0.25, -0.2) is 13.4 Å². The number of hydrogen-bond donors (Lipinski definition) is 1. The third kappa shape index (κ3) is 5.79. The van der Waals surface area contributed by atoms with Crippen LogP contribution in [0.15, 0.2) is 48.0 Å². The van der Waals surface area contributed by atoms with E-state index in [0.717, 1.165) is 31.1 Å². The maximum Gasteiger partial charge on any atom is 0.258 e. The van der Waals surface area contributed by atoms with Gasteiger partial charge in [-0.1, -0.05) is 24.3 Å². The Morgan fingerprint density at radius 1 is 1.33 bits per heavy atom. The van der Waals surface area contributed by atoms with Crippen LogP contribution >= 0.6 is 0 Å². The molecule has 8 nitrogen and oxygen atoms in total. The van der Waals surface area contributed by atoms with Crippen molar-refractivity contribution in [1.29, 1.82) is 0 Å². The lowest BCUT2D eigenvalue weighted by Gasteiger charge is -2.22. The molecule has 9 heteroatoms. The molecule has 0 saturated carbocycles. The van der Waals surface area contributed by atoms with Crippen molar-refractivity contribution in [3.63, 3.8) is 0 Å². The Morgan fingerprint density at radius 2 is 2.07 bits per heavy atom. The van der Waals surface area contributed by atoms with Gasteiger partial charge in [-0.05, 0) is 38.8 Å². The lowest BCUT2D eigenvalue weighted by atomic mass is 10.2. The number of carbonyl (C=O) groups excluding carboxylic acids is 1. The number of aromatic nitrogens is 2. The van der Waals surface area contributed by atoms with Gasteiger partial charge in [0.2, 0.25) is 11.8 Å². The average Bonchev–Trinajstić information content (AvgIpc) is 3.12. The molecule has 0 bridgehead atoms. The maximum atomic E-state index is 12.8. The highest BCUT2D eigenvalue weighted by atomic mass is 32.2. The van der Waals surface area contributed by atoms with Crippen LogP contribution in [0.2, 0.25) is 0 Å². The van der Waals surface area contributed by atoms with E-state index in [0.29, 0.717) is 17.7 Å². The summed E-state index contributed by atoms with van der Waals surface area (Å²) in [6.45, 7) is 4.65. The number of sulfone groups is 1. The second-order valence-electron chi connectivity index (χ2n) is 7.41. The number of ether oxygens (including phenoxy) is 1. The summed E-state index contributed by atoms with van der Waals surface area (Å²) in [5.74, 6) is 0.776. The highest BCUT2D eigenvalue weighted by molar-refractivity contribution is 7.93. The van der Waals surface area contributed by atoms with E-state index in [2.05, 4.69) is 27.1 Å². The fourth-order valence-electron chi connectivity index (χ4n) is 3.15. The molecule has 1 aromatic heterocycles. The monoisotopic (exact) mass is 430 g/mol. The molecular formula is C21H26N4O4S. The van der Waals surface area contributed by atoms with Crippen molar-refractivity contribution in [2.24, 2.45) is 0 Å². The molecule has 160 valence electrons. The molecule has 30 heavy (non-hydrogen) atoms. The Labute approximate surface area is 176 Å². The van der Waals surface area contributed by atoms with Crippen LogP contribution in [0.4, 0.5) is 5.95 Å². The first kappa shape index (κ1) is 21.8. The fraction of sp³-hybridized carbons (Fsp3) is 0.381. The number of amides is 1. The van der Waals surface area contributed by atoms with Crippen LogP contribution in [-0.2, 0) is 9.84 Å². The SMILES string of the molecule is CC(/C=C/S(C)(=O)=O)NC(=O)c1cnc(N2CCC[C@H]2C)nc1Oc1ccccc1. The van der Waals surface area contributed by atoms with Gasteiger partial charge in [-0.2, -0.15) is 4.98 Å². The van der Waals surface area contributed by atoms with Crippen molar-refractivity contribution in [1.82, 2.24) is 15.3 Å². The normalized spacial score (nSPS) is 17.8. The van der Waals surface area contributed by atoms with Gasteiger partial charge in [-0.3, -0.25) is 4.79 Å². The smallest absolute Gasteiger partial charge is 0.258 e. The van der Waals surface area contributed by atoms with Crippen molar-refractivity contribution in [3.05, 3.63) is 53.6 Å². The first-order chi connectivity index (χ1) is 14.2. The van der Waals surface area contributed by atoms with Crippen molar-refractivity contribution in [3.8, 4) is 11.6 Å². The predicted octanol–water partition coefficient (Wildman–Crippen LogP) is 2.93. The van der Waals surface area contributed by atoms with Crippen LogP contribution in [0.5, 0.6) is 11.6 Å². The molecule has 0 radical (unpaired) electrons. The Hall–Kier alpha value is -2.94. The van der Waals surface area contributed by atoms with E-state index in [-0.39, 0.29) is 11.4 Å². The van der Waals surface area contributed by atoms with Crippen molar-refractivity contribution in [2.75, 3.05) is 17.7 Å². The predicted molar refractivity (Wildman–Crippen MR) is 116 cm³/mol. The van der Waals surface area contributed by atoms with Crippen LogP contribution in [0.1, 0.15) is 37.0 Å². The molecule has 1 fully saturated rings. The highest BCUT2D eigenvalue weighted by Gasteiger charge is 2.25. The summed E-state index contributed by atoms with van der Waals surface area (Å²) in [6, 6.07) is 8.90. The molecule has 1 unspecified atom stereocenters. The van der Waals surface area contributed by atoms with Gasteiger partial charge in [0.15, 0.2) is 9.84 Å². The molecule has 1 amide bonds. The Bertz CT molecular complexity index is 1020. The van der Waals surface area contributed by atoms with Crippen LogP contribution in [0, 0.1) is 0 Å². The average molecular weight is 431 g/mol. The van der Waals surface area contributed by atoms with Crippen LogP contribution in [-0.4, -0.2) is 49.2 Å². The molecule has 0 aliphatic carbocycles. The van der Waals surface area contributed by atoms with E-state index in [1.165, 1.54) is 12.3 Å². The first-order valence-electron chi connectivity index (χ1n) is 9.78. The van der Waals surface area contributed by atoms with E-state index >= 15 is 0 Å². The summed E-state index contributed by atoms with van der Waals surface area (Å²) < 4.78 is 28.5. The second-order valence-corrected chi connectivity index (χ2v) is 9.34. The molecule has 1 N–H and O–H groups in total. The van der Waals surface area contributed by atoms with Crippen LogP contribution < -0.4 is 15.0 Å². The summed E-state index contributed by atoms with van der Waals surface area (Å²) in [4.78, 5) is 23.8. The summed E-state index contributed by atoms with van der Waals surface area (Å²) in [5, 5.41) is 3.79. The zero-order chi connectivity index (χ0) is 21.7. The summed E-state index contributed by atoms with van der Waals surface area (Å²) in [5.41, 5.74) is 0.175. The van der Waals surface area contributed by atoms with E-state index < -0.39 is 21.8 Å². The Balaban J connectivity index is 1.88. The third-order valence-corrected chi connectivity index (χ3v) is 5.38. The summed E-state index contributed by atoms with van der Waals surface area (Å²) in [7, 11) is -3.28. The minimum absolute atomic E-state index is 0.155. The van der Waals surface area contributed by atoms with E-state index in [4.69, 9.17) is 4.74 Å². The molecular weight excluding hydrogens is 404 g/mol. The number of benzene rings is 1. The lowest BCUT2D eigenvalue weighted by molar-refractivity contribution is 0.0943. The quantitative estimate of drug-likeness (QED) is 0.720. The van der Waals surface area contributed by atoms with Gasteiger partial charge in [-0.15, -0.1) is 0 Å². The number of nitrogens with one attached hydrogen (secondary N) is 1. The van der Waals surface area contributed by atoms with Crippen molar-refractivity contribution in [2.45, 2.75) is 38.8 Å². The van der Waals surface area contributed by atoms with E-state index in [1.807, 2.05) is 18.2 Å². The number of anilines is 1. The molecule has 1 saturated heterocycles. The minimum atomic E-state index is -3.28. The molecule has 1 aliphatic rings. The van der Waals surface area contributed by atoms with Gasteiger partial charge in [0.1, 0.15) is 11.3 Å². The largest absolute Gasteiger partial charge is 0.438 e. The second kappa shape index (κ2) is 9.25. The standard InChI is InChI=1S/C21H26N4O4S/c1-15(11-13-30(3,27)28)23-19(26)18-14-22-21(25-12-7-8-16(25)2)24-20(18)29-17-9-5-4-6-10-17/h4-6,9-11,13-16H,7-8,12H2,1-3H3,(H,23,26)/b13-11+/t15?,16-/m1/s1. The molecule has 0 spiro atoms. The number of carbonyl (C=O) groups is 1. The molecule has 1 aromatic carbocycles. The van der Waals surface area contributed by atoms with Crippen molar-refractivity contribution < 1.29 is 17.9 Å². The van der Waals surface area contributed by atoms with Crippen molar-refractivity contribution >= 4 is 21.7 Å². The maximum absolute atomic E-state index is 12.8. The Morgan fingerprint density at radius 3 is 2.70 bits per heavy atom. The minimum Gasteiger partial charge on any atom is -0.438 e. The lowest BCUT2D eigenvalue weighted by Crippen LogP contribution is -2.32. The first-order valence-corrected chi connectivity index (χ1v) is 11.7. The van der Waals surface area contributed by atoms with Gasteiger partial charge >= 0.3 is 0 Å². The molecule has 2 aromatic rings. The van der Waals surface area contributed by atoms with Crippen LogP contribution in [0.3, 0.4) is 0 Å². The zero-order valence-corrected chi connectivity index (χ0v) is 18.1. The van der Waals surface area contributed by atoms with E-state index in [1.54, 1.807) is 19.1 Å². The molecule has 2 atom stereocenters. The van der Waals surface area contributed by atoms with Gasteiger partial charge in [0.05, 0.1) is 0 Å². The molecule has 3 rings (SSSR count). The zero-order valence-electron chi connectivity index (χ0n) is 17.3.